The van der Waals surface area contributed by atoms with E-state index in [-0.39, 0.29) is 0 Å². The molecule has 0 bridgehead atoms. The van der Waals surface area contributed by atoms with Crippen LogP contribution in [0.3, 0.4) is 0 Å². The largest absolute Gasteiger partial charge is 0.478 e. The number of ether oxygens (including phenoxy) is 1. The highest BCUT2D eigenvalue weighted by atomic mass is 16.5. The molecule has 0 aliphatic heterocycles. The van der Waals surface area contributed by atoms with Crippen LogP contribution in [0.25, 0.3) is 0 Å². The third-order valence-electron chi connectivity index (χ3n) is 2.85. The SMILES string of the molecule is CCCC1CC1Nc1cc(OCC)ncn1. The van der Waals surface area contributed by atoms with Crippen molar-refractivity contribution in [2.24, 2.45) is 5.92 Å². The van der Waals surface area contributed by atoms with E-state index in [4.69, 9.17) is 4.74 Å². The molecule has 2 atom stereocenters. The second-order valence-electron chi connectivity index (χ2n) is 4.21. The van der Waals surface area contributed by atoms with Gasteiger partial charge in [0.05, 0.1) is 6.61 Å². The van der Waals surface area contributed by atoms with Crippen molar-refractivity contribution in [3.63, 3.8) is 0 Å². The molecule has 1 N–H and O–H groups in total. The molecule has 0 saturated heterocycles. The fourth-order valence-corrected chi connectivity index (χ4v) is 1.95. The van der Waals surface area contributed by atoms with Crippen LogP contribution in [0.2, 0.25) is 0 Å². The maximum atomic E-state index is 5.33. The first kappa shape index (κ1) is 11.2. The average molecular weight is 221 g/mol. The Kier molecular flexibility index (Phi) is 3.59. The fraction of sp³-hybridized carbons (Fsp3) is 0.667. The summed E-state index contributed by atoms with van der Waals surface area (Å²) in [7, 11) is 0. The van der Waals surface area contributed by atoms with Gasteiger partial charge in [-0.15, -0.1) is 0 Å². The lowest BCUT2D eigenvalue weighted by Gasteiger charge is -2.06. The van der Waals surface area contributed by atoms with Gasteiger partial charge in [0.15, 0.2) is 0 Å². The van der Waals surface area contributed by atoms with Crippen LogP contribution in [-0.2, 0) is 0 Å². The van der Waals surface area contributed by atoms with Crippen molar-refractivity contribution in [3.8, 4) is 5.88 Å². The molecule has 1 aliphatic rings. The fourth-order valence-electron chi connectivity index (χ4n) is 1.95. The Labute approximate surface area is 96.4 Å². The standard InChI is InChI=1S/C12H19N3O/c1-3-5-9-6-10(9)15-11-7-12(16-4-2)14-8-13-11/h7-10H,3-6H2,1-2H3,(H,13,14,15). The van der Waals surface area contributed by atoms with E-state index < -0.39 is 0 Å². The number of hydrogen-bond acceptors (Lipinski definition) is 4. The number of aromatic nitrogens is 2. The normalized spacial score (nSPS) is 22.9. The van der Waals surface area contributed by atoms with Crippen LogP contribution in [0.15, 0.2) is 12.4 Å². The first-order valence-electron chi connectivity index (χ1n) is 6.04. The zero-order valence-corrected chi connectivity index (χ0v) is 9.94. The molecule has 0 spiro atoms. The van der Waals surface area contributed by atoms with Gasteiger partial charge in [0, 0.05) is 12.1 Å². The second-order valence-corrected chi connectivity index (χ2v) is 4.21. The summed E-state index contributed by atoms with van der Waals surface area (Å²) in [6, 6.07) is 2.47. The summed E-state index contributed by atoms with van der Waals surface area (Å²) >= 11 is 0. The number of anilines is 1. The minimum Gasteiger partial charge on any atom is -0.478 e. The first-order valence-corrected chi connectivity index (χ1v) is 6.04. The topological polar surface area (TPSA) is 47.0 Å². The van der Waals surface area contributed by atoms with Crippen molar-refractivity contribution in [1.29, 1.82) is 0 Å². The molecule has 1 aliphatic carbocycles. The van der Waals surface area contributed by atoms with Gasteiger partial charge in [-0.2, -0.15) is 0 Å². The Morgan fingerprint density at radius 3 is 3.06 bits per heavy atom. The lowest BCUT2D eigenvalue weighted by atomic mass is 10.2. The van der Waals surface area contributed by atoms with Crippen molar-refractivity contribution in [1.82, 2.24) is 9.97 Å². The van der Waals surface area contributed by atoms with E-state index in [1.165, 1.54) is 19.3 Å². The highest BCUT2D eigenvalue weighted by molar-refractivity contribution is 5.39. The Morgan fingerprint density at radius 2 is 2.31 bits per heavy atom. The molecule has 0 amide bonds. The molecule has 1 heterocycles. The quantitative estimate of drug-likeness (QED) is 0.801. The van der Waals surface area contributed by atoms with Crippen LogP contribution in [0.5, 0.6) is 5.88 Å². The van der Waals surface area contributed by atoms with Crippen LogP contribution in [-0.4, -0.2) is 22.6 Å². The monoisotopic (exact) mass is 221 g/mol. The zero-order chi connectivity index (χ0) is 11.4. The van der Waals surface area contributed by atoms with Crippen molar-refractivity contribution < 1.29 is 4.74 Å². The molecular weight excluding hydrogens is 202 g/mol. The predicted octanol–water partition coefficient (Wildman–Crippen LogP) is 2.48. The Morgan fingerprint density at radius 1 is 1.44 bits per heavy atom. The molecule has 1 fully saturated rings. The molecule has 1 aromatic heterocycles. The van der Waals surface area contributed by atoms with Gasteiger partial charge in [-0.3, -0.25) is 0 Å². The summed E-state index contributed by atoms with van der Waals surface area (Å²) in [5, 5.41) is 3.42. The summed E-state index contributed by atoms with van der Waals surface area (Å²) < 4.78 is 5.33. The summed E-state index contributed by atoms with van der Waals surface area (Å²) in [6.07, 6.45) is 5.38. The van der Waals surface area contributed by atoms with Crippen molar-refractivity contribution in [2.45, 2.75) is 39.2 Å². The van der Waals surface area contributed by atoms with Crippen LogP contribution in [0.1, 0.15) is 33.1 Å². The lowest BCUT2D eigenvalue weighted by Crippen LogP contribution is -2.07. The van der Waals surface area contributed by atoms with E-state index in [0.29, 0.717) is 18.5 Å². The molecule has 0 aromatic carbocycles. The highest BCUT2D eigenvalue weighted by Crippen LogP contribution is 2.36. The van der Waals surface area contributed by atoms with Gasteiger partial charge in [-0.05, 0) is 25.7 Å². The van der Waals surface area contributed by atoms with Gasteiger partial charge in [-0.1, -0.05) is 13.3 Å². The molecule has 88 valence electrons. The Balaban J connectivity index is 1.87. The summed E-state index contributed by atoms with van der Waals surface area (Å²) in [5.74, 6) is 2.35. The van der Waals surface area contributed by atoms with Gasteiger partial charge < -0.3 is 10.1 Å². The van der Waals surface area contributed by atoms with E-state index in [1.54, 1.807) is 6.33 Å². The maximum absolute atomic E-state index is 5.33. The Hall–Kier alpha value is -1.32. The molecule has 2 rings (SSSR count). The minimum absolute atomic E-state index is 0.601. The van der Waals surface area contributed by atoms with Crippen LogP contribution in [0.4, 0.5) is 5.82 Å². The van der Waals surface area contributed by atoms with E-state index in [1.807, 2.05) is 13.0 Å². The molecule has 4 nitrogen and oxygen atoms in total. The van der Waals surface area contributed by atoms with Crippen molar-refractivity contribution in [2.75, 3.05) is 11.9 Å². The first-order chi connectivity index (χ1) is 7.83. The van der Waals surface area contributed by atoms with Gasteiger partial charge in [-0.25, -0.2) is 9.97 Å². The highest BCUT2D eigenvalue weighted by Gasteiger charge is 2.36. The Bertz CT molecular complexity index is 343. The smallest absolute Gasteiger partial charge is 0.218 e. The number of nitrogens with zero attached hydrogens (tertiary/aromatic N) is 2. The minimum atomic E-state index is 0.601. The van der Waals surface area contributed by atoms with E-state index >= 15 is 0 Å². The zero-order valence-electron chi connectivity index (χ0n) is 9.94. The summed E-state index contributed by atoms with van der Waals surface area (Å²) in [5.41, 5.74) is 0. The third kappa shape index (κ3) is 2.84. The summed E-state index contributed by atoms with van der Waals surface area (Å²) in [6.45, 7) is 4.82. The molecule has 0 radical (unpaired) electrons. The molecule has 4 heteroatoms. The van der Waals surface area contributed by atoms with Crippen molar-refractivity contribution in [3.05, 3.63) is 12.4 Å². The van der Waals surface area contributed by atoms with Gasteiger partial charge in [0.2, 0.25) is 5.88 Å². The third-order valence-corrected chi connectivity index (χ3v) is 2.85. The summed E-state index contributed by atoms with van der Waals surface area (Å²) in [4.78, 5) is 8.23. The van der Waals surface area contributed by atoms with Crippen molar-refractivity contribution >= 4 is 5.82 Å². The molecule has 2 unspecified atom stereocenters. The number of nitrogens with one attached hydrogen (secondary N) is 1. The van der Waals surface area contributed by atoms with E-state index in [2.05, 4.69) is 22.2 Å². The van der Waals surface area contributed by atoms with Gasteiger partial charge >= 0.3 is 0 Å². The van der Waals surface area contributed by atoms with Crippen LogP contribution >= 0.6 is 0 Å². The number of hydrogen-bond donors (Lipinski definition) is 1. The molecular formula is C12H19N3O. The maximum Gasteiger partial charge on any atom is 0.218 e. The van der Waals surface area contributed by atoms with Crippen LogP contribution < -0.4 is 10.1 Å². The molecule has 1 saturated carbocycles. The number of rotatable bonds is 6. The van der Waals surface area contributed by atoms with Crippen LogP contribution in [0, 0.1) is 5.92 Å². The molecule has 1 aromatic rings. The van der Waals surface area contributed by atoms with E-state index in [0.717, 1.165) is 11.7 Å². The van der Waals surface area contributed by atoms with Gasteiger partial charge in [0.25, 0.3) is 0 Å². The lowest BCUT2D eigenvalue weighted by molar-refractivity contribution is 0.326. The predicted molar refractivity (Wildman–Crippen MR) is 63.6 cm³/mol. The van der Waals surface area contributed by atoms with Gasteiger partial charge in [0.1, 0.15) is 12.1 Å². The average Bonchev–Trinajstić information content (AvgIpc) is 2.98. The molecule has 16 heavy (non-hydrogen) atoms. The second kappa shape index (κ2) is 5.14. The van der Waals surface area contributed by atoms with E-state index in [9.17, 15) is 0 Å².